The maximum Gasteiger partial charge on any atom is 0.573 e. The number of anilines is 1. The van der Waals surface area contributed by atoms with E-state index in [2.05, 4.69) is 9.47 Å². The lowest BCUT2D eigenvalue weighted by atomic mass is 9.71. The average Bonchev–Trinajstić information content (AvgIpc) is 3.11. The zero-order chi connectivity index (χ0) is 28.6. The zero-order valence-corrected chi connectivity index (χ0v) is 19.7. The molecule has 0 saturated heterocycles. The zero-order valence-electron chi connectivity index (χ0n) is 19.7. The summed E-state index contributed by atoms with van der Waals surface area (Å²) in [6, 6.07) is 16.0. The predicted molar refractivity (Wildman–Crippen MR) is 121 cm³/mol. The SMILES string of the molecule is O[C@@H](CN1C[C@](Cc2cccc(OC(F)(F)F)c2)(c2cccc(OC(F)(F)F)c2)c2ccccc21)C(F)(F)F. The minimum atomic E-state index is -5.02. The van der Waals surface area contributed by atoms with Crippen LogP contribution in [0.3, 0.4) is 0 Å². The molecule has 0 bridgehead atoms. The number of nitrogens with zero attached hydrogens (tertiary/aromatic N) is 1. The van der Waals surface area contributed by atoms with E-state index in [9.17, 15) is 44.6 Å². The molecule has 2 atom stereocenters. The highest BCUT2D eigenvalue weighted by Crippen LogP contribution is 2.48. The van der Waals surface area contributed by atoms with Gasteiger partial charge in [0.1, 0.15) is 11.5 Å². The second-order valence-corrected chi connectivity index (χ2v) is 8.98. The lowest BCUT2D eigenvalue weighted by Gasteiger charge is -2.33. The van der Waals surface area contributed by atoms with Crippen molar-refractivity contribution in [1.29, 1.82) is 0 Å². The number of rotatable bonds is 7. The van der Waals surface area contributed by atoms with E-state index >= 15 is 0 Å². The van der Waals surface area contributed by atoms with Crippen LogP contribution in [0.25, 0.3) is 0 Å². The first-order valence-electron chi connectivity index (χ1n) is 11.4. The Morgan fingerprint density at radius 3 is 1.97 bits per heavy atom. The molecule has 1 N–H and O–H groups in total. The molecule has 3 aromatic carbocycles. The number of benzene rings is 3. The molecule has 4 rings (SSSR count). The minimum Gasteiger partial charge on any atom is -0.406 e. The molecular formula is C26H20F9NO3. The Morgan fingerprint density at radius 1 is 0.769 bits per heavy atom. The molecule has 0 aromatic heterocycles. The summed E-state index contributed by atoms with van der Waals surface area (Å²) in [5.74, 6) is -1.13. The summed E-state index contributed by atoms with van der Waals surface area (Å²) in [5.41, 5.74) is -0.171. The Bertz CT molecular complexity index is 1310. The largest absolute Gasteiger partial charge is 0.573 e. The van der Waals surface area contributed by atoms with E-state index in [1.54, 1.807) is 18.2 Å². The molecule has 0 amide bonds. The number of hydrogen-bond acceptors (Lipinski definition) is 4. The fraction of sp³-hybridized carbons (Fsp3) is 0.308. The van der Waals surface area contributed by atoms with E-state index in [1.807, 2.05) is 0 Å². The number of fused-ring (bicyclic) bond motifs is 1. The summed E-state index contributed by atoms with van der Waals surface area (Å²) < 4.78 is 125. The van der Waals surface area contributed by atoms with Gasteiger partial charge in [0.2, 0.25) is 0 Å². The van der Waals surface area contributed by atoms with Gasteiger partial charge in [-0.2, -0.15) is 13.2 Å². The number of β-amino-alcohol motifs (C(OH)–C–C–N with tert-alkyl or cyclic N) is 1. The molecule has 1 heterocycles. The Labute approximate surface area is 216 Å². The molecule has 0 radical (unpaired) electrons. The third-order valence-electron chi connectivity index (χ3n) is 6.25. The molecule has 0 aliphatic carbocycles. The van der Waals surface area contributed by atoms with Gasteiger partial charge >= 0.3 is 18.9 Å². The molecule has 39 heavy (non-hydrogen) atoms. The van der Waals surface area contributed by atoms with E-state index in [0.29, 0.717) is 5.56 Å². The van der Waals surface area contributed by atoms with Crippen LogP contribution in [0.15, 0.2) is 72.8 Å². The smallest absolute Gasteiger partial charge is 0.406 e. The minimum absolute atomic E-state index is 0.132. The molecule has 3 aromatic rings. The van der Waals surface area contributed by atoms with Crippen molar-refractivity contribution in [2.24, 2.45) is 0 Å². The lowest BCUT2D eigenvalue weighted by Crippen LogP contribution is -2.44. The summed E-state index contributed by atoms with van der Waals surface area (Å²) in [6.07, 6.45) is -17.8. The van der Waals surface area contributed by atoms with E-state index in [-0.39, 0.29) is 29.8 Å². The predicted octanol–water partition coefficient (Wildman–Crippen LogP) is 6.76. The summed E-state index contributed by atoms with van der Waals surface area (Å²) in [6.45, 7) is -1.11. The fourth-order valence-corrected chi connectivity index (χ4v) is 4.82. The van der Waals surface area contributed by atoms with Crippen LogP contribution < -0.4 is 14.4 Å². The summed E-state index contributed by atoms with van der Waals surface area (Å²) >= 11 is 0. The first-order valence-corrected chi connectivity index (χ1v) is 11.4. The molecule has 0 unspecified atom stereocenters. The molecule has 1 aliphatic rings. The van der Waals surface area contributed by atoms with Crippen LogP contribution in [0, 0.1) is 0 Å². The van der Waals surface area contributed by atoms with Gasteiger partial charge in [0.25, 0.3) is 0 Å². The quantitative estimate of drug-likeness (QED) is 0.322. The number of para-hydroxylation sites is 1. The van der Waals surface area contributed by atoms with Gasteiger partial charge in [-0.05, 0) is 53.4 Å². The topological polar surface area (TPSA) is 41.9 Å². The number of ether oxygens (including phenoxy) is 2. The summed E-state index contributed by atoms with van der Waals surface area (Å²) in [5, 5.41) is 9.78. The van der Waals surface area contributed by atoms with E-state index in [1.165, 1.54) is 35.2 Å². The van der Waals surface area contributed by atoms with Crippen LogP contribution in [0.5, 0.6) is 11.5 Å². The number of alkyl halides is 9. The third-order valence-corrected chi connectivity index (χ3v) is 6.25. The monoisotopic (exact) mass is 565 g/mol. The van der Waals surface area contributed by atoms with Crippen molar-refractivity contribution in [2.75, 3.05) is 18.0 Å². The molecule has 0 fully saturated rings. The van der Waals surface area contributed by atoms with Gasteiger partial charge in [0.05, 0.1) is 6.54 Å². The molecular weight excluding hydrogens is 545 g/mol. The summed E-state index contributed by atoms with van der Waals surface area (Å²) in [4.78, 5) is 1.25. The van der Waals surface area contributed by atoms with Crippen LogP contribution in [-0.2, 0) is 11.8 Å². The van der Waals surface area contributed by atoms with Gasteiger partial charge in [-0.25, -0.2) is 0 Å². The van der Waals surface area contributed by atoms with Crippen molar-refractivity contribution >= 4 is 5.69 Å². The Balaban J connectivity index is 1.84. The number of halogens is 9. The molecule has 4 nitrogen and oxygen atoms in total. The Morgan fingerprint density at radius 2 is 1.36 bits per heavy atom. The second kappa shape index (κ2) is 10.2. The lowest BCUT2D eigenvalue weighted by molar-refractivity contribution is -0.275. The first kappa shape index (κ1) is 28.4. The van der Waals surface area contributed by atoms with Crippen molar-refractivity contribution < 1.29 is 54.1 Å². The van der Waals surface area contributed by atoms with Crippen molar-refractivity contribution in [3.63, 3.8) is 0 Å². The van der Waals surface area contributed by atoms with Gasteiger partial charge in [0.15, 0.2) is 6.10 Å². The van der Waals surface area contributed by atoms with E-state index in [0.717, 1.165) is 24.3 Å². The van der Waals surface area contributed by atoms with Gasteiger partial charge in [-0.3, -0.25) is 0 Å². The van der Waals surface area contributed by atoms with Crippen LogP contribution in [-0.4, -0.2) is 43.2 Å². The molecule has 0 saturated carbocycles. The van der Waals surface area contributed by atoms with Crippen LogP contribution in [0.4, 0.5) is 45.2 Å². The third kappa shape index (κ3) is 6.70. The van der Waals surface area contributed by atoms with Crippen LogP contribution in [0.2, 0.25) is 0 Å². The highest BCUT2D eigenvalue weighted by molar-refractivity contribution is 5.67. The van der Waals surface area contributed by atoms with Crippen LogP contribution >= 0.6 is 0 Å². The highest BCUT2D eigenvalue weighted by atomic mass is 19.4. The number of aliphatic hydroxyl groups is 1. The van der Waals surface area contributed by atoms with Crippen LogP contribution in [0.1, 0.15) is 16.7 Å². The number of hydrogen-bond donors (Lipinski definition) is 1. The maximum absolute atomic E-state index is 13.2. The summed E-state index contributed by atoms with van der Waals surface area (Å²) in [7, 11) is 0. The molecule has 0 spiro atoms. The molecule has 1 aliphatic heterocycles. The van der Waals surface area contributed by atoms with Crippen molar-refractivity contribution in [2.45, 2.75) is 36.8 Å². The first-order chi connectivity index (χ1) is 18.1. The second-order valence-electron chi connectivity index (χ2n) is 8.98. The fourth-order valence-electron chi connectivity index (χ4n) is 4.82. The van der Waals surface area contributed by atoms with E-state index < -0.39 is 48.5 Å². The van der Waals surface area contributed by atoms with Gasteiger partial charge < -0.3 is 19.5 Å². The van der Waals surface area contributed by atoms with Gasteiger partial charge in [0, 0.05) is 17.6 Å². The molecule has 210 valence electrons. The average molecular weight is 565 g/mol. The number of aliphatic hydroxyl groups excluding tert-OH is 1. The maximum atomic E-state index is 13.2. The Kier molecular flexibility index (Phi) is 7.41. The normalized spacial score (nSPS) is 18.6. The molecule has 13 heteroatoms. The van der Waals surface area contributed by atoms with E-state index in [4.69, 9.17) is 0 Å². The highest BCUT2D eigenvalue weighted by Gasteiger charge is 2.47. The van der Waals surface area contributed by atoms with Crippen molar-refractivity contribution in [1.82, 2.24) is 0 Å². The van der Waals surface area contributed by atoms with Crippen molar-refractivity contribution in [3.8, 4) is 11.5 Å². The Hall–Kier alpha value is -3.61. The van der Waals surface area contributed by atoms with Crippen molar-refractivity contribution in [3.05, 3.63) is 89.5 Å². The standard InChI is InChI=1S/C26H20F9NO3/c27-24(28,29)22(37)14-36-15-23(20-9-1-2-10-21(20)36,17-6-4-8-19(12-17)39-26(33,34)35)13-16-5-3-7-18(11-16)38-25(30,31)32/h1-12,22,37H,13-15H2/t22-,23+/m0/s1. The van der Waals surface area contributed by atoms with Gasteiger partial charge in [-0.15, -0.1) is 26.3 Å². The van der Waals surface area contributed by atoms with Gasteiger partial charge in [-0.1, -0.05) is 42.5 Å².